The molecule has 1 spiro atoms. The van der Waals surface area contributed by atoms with Crippen molar-refractivity contribution in [1.82, 2.24) is 10.2 Å². The highest BCUT2D eigenvalue weighted by Gasteiger charge is 2.62. The molecule has 0 aliphatic carbocycles. The third-order valence-corrected chi connectivity index (χ3v) is 5.49. The number of benzene rings is 1. The van der Waals surface area contributed by atoms with Gasteiger partial charge in [0.2, 0.25) is 11.8 Å². The molecule has 1 N–H and O–H groups in total. The maximum Gasteiger partial charge on any atom is 0.330 e. The Bertz CT molecular complexity index is 838. The van der Waals surface area contributed by atoms with Gasteiger partial charge >= 0.3 is 6.03 Å². The van der Waals surface area contributed by atoms with E-state index in [-0.39, 0.29) is 18.2 Å². The van der Waals surface area contributed by atoms with Gasteiger partial charge in [-0.3, -0.25) is 29.9 Å². The first-order valence-corrected chi connectivity index (χ1v) is 8.04. The lowest BCUT2D eigenvalue weighted by atomic mass is 9.68. The van der Waals surface area contributed by atoms with Crippen molar-refractivity contribution >= 4 is 29.2 Å². The van der Waals surface area contributed by atoms with Gasteiger partial charge in [-0.1, -0.05) is 0 Å². The van der Waals surface area contributed by atoms with Crippen LogP contribution in [0.5, 0.6) is 0 Å². The van der Waals surface area contributed by atoms with Gasteiger partial charge < -0.3 is 4.90 Å². The predicted molar refractivity (Wildman–Crippen MR) is 85.9 cm³/mol. The van der Waals surface area contributed by atoms with E-state index in [9.17, 15) is 24.5 Å². The second-order valence-corrected chi connectivity index (χ2v) is 6.69. The van der Waals surface area contributed by atoms with Crippen LogP contribution in [-0.2, 0) is 16.0 Å². The highest BCUT2D eigenvalue weighted by molar-refractivity contribution is 6.20. The van der Waals surface area contributed by atoms with E-state index in [0.29, 0.717) is 18.5 Å². The Hall–Kier alpha value is -2.97. The van der Waals surface area contributed by atoms with Gasteiger partial charge in [-0.2, -0.15) is 0 Å². The molecule has 0 unspecified atom stereocenters. The molecule has 9 nitrogen and oxygen atoms in total. The summed E-state index contributed by atoms with van der Waals surface area (Å²) in [6.45, 7) is 0.662. The Balaban J connectivity index is 1.89. The molecule has 4 amide bonds. The molecule has 130 valence electrons. The summed E-state index contributed by atoms with van der Waals surface area (Å²) < 4.78 is 0. The number of barbiturate groups is 1. The van der Waals surface area contributed by atoms with Crippen LogP contribution in [0.15, 0.2) is 18.2 Å². The third-order valence-electron chi connectivity index (χ3n) is 5.49. The molecule has 1 aromatic rings. The van der Waals surface area contributed by atoms with E-state index in [1.165, 1.54) is 19.2 Å². The van der Waals surface area contributed by atoms with Gasteiger partial charge in [-0.05, 0) is 24.5 Å². The molecular formula is C16H16N4O5. The summed E-state index contributed by atoms with van der Waals surface area (Å²) in [4.78, 5) is 51.0. The molecule has 3 aliphatic heterocycles. The SMILES string of the molecule is CN1C(=O)NC(=O)[C@@]2(Cc3cc([N+](=O)[O-])ccc3N3CCC[C@@H]32)C1=O. The van der Waals surface area contributed by atoms with Crippen molar-refractivity contribution in [3.63, 3.8) is 0 Å². The maximum absolute atomic E-state index is 13.0. The molecule has 3 aliphatic rings. The second-order valence-electron chi connectivity index (χ2n) is 6.69. The van der Waals surface area contributed by atoms with Gasteiger partial charge in [-0.15, -0.1) is 0 Å². The Morgan fingerprint density at radius 1 is 1.32 bits per heavy atom. The van der Waals surface area contributed by atoms with Gasteiger partial charge in [0, 0.05) is 37.8 Å². The molecule has 25 heavy (non-hydrogen) atoms. The fourth-order valence-corrected chi connectivity index (χ4v) is 4.32. The van der Waals surface area contributed by atoms with Crippen LogP contribution in [0.2, 0.25) is 0 Å². The number of hydrogen-bond acceptors (Lipinski definition) is 6. The molecule has 0 saturated carbocycles. The Morgan fingerprint density at radius 3 is 2.80 bits per heavy atom. The Kier molecular flexibility index (Phi) is 3.12. The van der Waals surface area contributed by atoms with Crippen LogP contribution in [0.3, 0.4) is 0 Å². The van der Waals surface area contributed by atoms with Crippen LogP contribution in [0.25, 0.3) is 0 Å². The van der Waals surface area contributed by atoms with Crippen molar-refractivity contribution in [3.8, 4) is 0 Å². The lowest BCUT2D eigenvalue weighted by Gasteiger charge is -2.48. The van der Waals surface area contributed by atoms with E-state index >= 15 is 0 Å². The van der Waals surface area contributed by atoms with Crippen LogP contribution < -0.4 is 10.2 Å². The molecule has 2 atom stereocenters. The summed E-state index contributed by atoms with van der Waals surface area (Å²) in [6, 6.07) is 3.44. The molecule has 0 bridgehead atoms. The summed E-state index contributed by atoms with van der Waals surface area (Å²) in [5.74, 6) is -1.16. The zero-order valence-corrected chi connectivity index (χ0v) is 13.5. The van der Waals surface area contributed by atoms with Crippen LogP contribution in [0, 0.1) is 15.5 Å². The average Bonchev–Trinajstić information content (AvgIpc) is 3.08. The predicted octanol–water partition coefficient (Wildman–Crippen LogP) is 0.814. The number of rotatable bonds is 1. The fourth-order valence-electron chi connectivity index (χ4n) is 4.32. The lowest BCUT2D eigenvalue weighted by molar-refractivity contribution is -0.384. The summed E-state index contributed by atoms with van der Waals surface area (Å²) in [6.07, 6.45) is 1.51. The van der Waals surface area contributed by atoms with E-state index in [2.05, 4.69) is 5.32 Å². The number of nitro groups is 1. The van der Waals surface area contributed by atoms with Crippen LogP contribution >= 0.6 is 0 Å². The van der Waals surface area contributed by atoms with E-state index in [4.69, 9.17) is 0 Å². The number of amides is 4. The van der Waals surface area contributed by atoms with Crippen molar-refractivity contribution in [2.24, 2.45) is 5.41 Å². The summed E-state index contributed by atoms with van der Waals surface area (Å²) >= 11 is 0. The smallest absolute Gasteiger partial charge is 0.330 e. The number of urea groups is 1. The largest absolute Gasteiger partial charge is 0.367 e. The zero-order valence-electron chi connectivity index (χ0n) is 13.5. The number of imide groups is 2. The van der Waals surface area contributed by atoms with Gasteiger partial charge in [0.25, 0.3) is 5.69 Å². The van der Waals surface area contributed by atoms with Crippen molar-refractivity contribution < 1.29 is 19.3 Å². The molecule has 3 heterocycles. The molecule has 2 fully saturated rings. The van der Waals surface area contributed by atoms with Crippen molar-refractivity contribution in [1.29, 1.82) is 0 Å². The van der Waals surface area contributed by atoms with Gasteiger partial charge in [0.15, 0.2) is 5.41 Å². The quantitative estimate of drug-likeness (QED) is 0.458. The second kappa shape index (κ2) is 5.01. The number of nitrogens with one attached hydrogen (secondary N) is 1. The first-order chi connectivity index (χ1) is 11.9. The topological polar surface area (TPSA) is 113 Å². The number of nitro benzene ring substituents is 1. The number of anilines is 1. The summed E-state index contributed by atoms with van der Waals surface area (Å²) in [7, 11) is 1.34. The third kappa shape index (κ3) is 1.92. The maximum atomic E-state index is 13.0. The minimum absolute atomic E-state index is 0.0491. The molecule has 0 radical (unpaired) electrons. The van der Waals surface area contributed by atoms with Crippen LogP contribution in [0.1, 0.15) is 18.4 Å². The van der Waals surface area contributed by atoms with Gasteiger partial charge in [0.1, 0.15) is 0 Å². The molecule has 1 aromatic carbocycles. The van der Waals surface area contributed by atoms with E-state index in [1.807, 2.05) is 4.90 Å². The van der Waals surface area contributed by atoms with Gasteiger partial charge in [-0.25, -0.2) is 4.79 Å². The summed E-state index contributed by atoms with van der Waals surface area (Å²) in [5.41, 5.74) is -0.112. The first kappa shape index (κ1) is 15.6. The molecule has 4 rings (SSSR count). The van der Waals surface area contributed by atoms with Crippen LogP contribution in [-0.4, -0.2) is 47.3 Å². The number of hydrogen-bond donors (Lipinski definition) is 1. The highest BCUT2D eigenvalue weighted by atomic mass is 16.6. The number of fused-ring (bicyclic) bond motifs is 4. The monoisotopic (exact) mass is 344 g/mol. The van der Waals surface area contributed by atoms with Crippen molar-refractivity contribution in [2.75, 3.05) is 18.5 Å². The number of nitrogens with zero attached hydrogens (tertiary/aromatic N) is 3. The molecule has 2 saturated heterocycles. The van der Waals surface area contributed by atoms with E-state index in [0.717, 1.165) is 17.0 Å². The molecular weight excluding hydrogens is 328 g/mol. The first-order valence-electron chi connectivity index (χ1n) is 8.04. The number of non-ortho nitro benzene ring substituents is 1. The highest BCUT2D eigenvalue weighted by Crippen LogP contribution is 2.48. The van der Waals surface area contributed by atoms with Crippen molar-refractivity contribution in [2.45, 2.75) is 25.3 Å². The normalized spacial score (nSPS) is 28.0. The lowest BCUT2D eigenvalue weighted by Crippen LogP contribution is -2.70. The van der Waals surface area contributed by atoms with Crippen molar-refractivity contribution in [3.05, 3.63) is 33.9 Å². The fraction of sp³-hybridized carbons (Fsp3) is 0.438. The molecule has 9 heteroatoms. The standard InChI is InChI=1S/C16H16N4O5/c1-18-14(22)16(13(21)17-15(18)23)8-9-7-10(20(24)25)4-5-11(9)19-6-2-3-12(16)19/h4-5,7,12H,2-3,6,8H2,1H3,(H,17,21,23)/t12-,16+/m1/s1. The minimum atomic E-state index is -1.43. The zero-order chi connectivity index (χ0) is 17.9. The number of carbonyl (C=O) groups is 3. The summed E-state index contributed by atoms with van der Waals surface area (Å²) in [5, 5.41) is 13.4. The minimum Gasteiger partial charge on any atom is -0.367 e. The van der Waals surface area contributed by atoms with Crippen LogP contribution in [0.4, 0.5) is 16.2 Å². The average molecular weight is 344 g/mol. The van der Waals surface area contributed by atoms with Gasteiger partial charge in [0.05, 0.1) is 11.0 Å². The van der Waals surface area contributed by atoms with E-state index in [1.54, 1.807) is 6.07 Å². The Labute approximate surface area is 142 Å². The Morgan fingerprint density at radius 2 is 2.08 bits per heavy atom. The molecule has 0 aromatic heterocycles. The van der Waals surface area contributed by atoms with E-state index < -0.39 is 28.2 Å². The number of carbonyl (C=O) groups excluding carboxylic acids is 3.